The van der Waals surface area contributed by atoms with Crippen molar-refractivity contribution in [1.29, 1.82) is 0 Å². The largest absolute Gasteiger partial charge is 0.497 e. The number of benzene rings is 3. The summed E-state index contributed by atoms with van der Waals surface area (Å²) >= 11 is 0. The number of hydrogen-bond acceptors (Lipinski definition) is 6. The Morgan fingerprint density at radius 1 is 1.06 bits per heavy atom. The van der Waals surface area contributed by atoms with Gasteiger partial charge in [-0.05, 0) is 67.1 Å². The van der Waals surface area contributed by atoms with E-state index in [1.54, 1.807) is 31.4 Å². The van der Waals surface area contributed by atoms with Crippen molar-refractivity contribution < 1.29 is 9.53 Å². The first-order chi connectivity index (χ1) is 15.6. The van der Waals surface area contributed by atoms with Crippen LogP contribution in [0, 0.1) is 6.92 Å². The molecule has 0 unspecified atom stereocenters. The van der Waals surface area contributed by atoms with Gasteiger partial charge in [-0.25, -0.2) is 10.4 Å². The summed E-state index contributed by atoms with van der Waals surface area (Å²) in [5.74, 6) is 1.32. The molecule has 0 bridgehead atoms. The summed E-state index contributed by atoms with van der Waals surface area (Å²) < 4.78 is 5.16. The lowest BCUT2D eigenvalue weighted by atomic mass is 10.0. The van der Waals surface area contributed by atoms with Gasteiger partial charge < -0.3 is 15.5 Å². The van der Waals surface area contributed by atoms with Gasteiger partial charge in [0.2, 0.25) is 0 Å². The number of nitrogens with zero attached hydrogens (tertiary/aromatic N) is 2. The van der Waals surface area contributed by atoms with E-state index in [2.05, 4.69) is 37.4 Å². The number of nitrogens with one attached hydrogen (secondary N) is 4. The zero-order valence-corrected chi connectivity index (χ0v) is 17.7. The Labute approximate surface area is 184 Å². The van der Waals surface area contributed by atoms with Crippen LogP contribution in [0.2, 0.25) is 0 Å². The maximum Gasteiger partial charge on any atom is 0.255 e. The summed E-state index contributed by atoms with van der Waals surface area (Å²) in [6, 6.07) is 18.9. The number of hydrogen-bond donors (Lipinski definition) is 4. The van der Waals surface area contributed by atoms with Crippen molar-refractivity contribution in [2.75, 3.05) is 19.1 Å². The molecule has 2 heterocycles. The van der Waals surface area contributed by atoms with E-state index < -0.39 is 0 Å². The number of aryl methyl sites for hydroxylation is 1. The Morgan fingerprint density at radius 2 is 1.91 bits per heavy atom. The second kappa shape index (κ2) is 8.16. The van der Waals surface area contributed by atoms with Gasteiger partial charge in [-0.15, -0.1) is 0 Å². The van der Waals surface area contributed by atoms with Crippen LogP contribution in [0.5, 0.6) is 5.75 Å². The zero-order valence-electron chi connectivity index (χ0n) is 17.7. The summed E-state index contributed by atoms with van der Waals surface area (Å²) in [7, 11) is 1.60. The van der Waals surface area contributed by atoms with Crippen LogP contribution in [0.4, 0.5) is 5.69 Å². The number of amides is 1. The number of ether oxygens (including phenoxy) is 1. The number of amidine groups is 1. The lowest BCUT2D eigenvalue weighted by molar-refractivity contribution is 0.102. The second-order valence-electron chi connectivity index (χ2n) is 7.51. The van der Waals surface area contributed by atoms with Gasteiger partial charge in [0.25, 0.3) is 5.91 Å². The summed E-state index contributed by atoms with van der Waals surface area (Å²) in [6.45, 7) is 2.57. The molecule has 0 saturated carbocycles. The molecule has 0 fully saturated rings. The molecule has 1 aliphatic heterocycles. The van der Waals surface area contributed by atoms with E-state index in [1.807, 2.05) is 37.3 Å². The molecule has 3 aromatic carbocycles. The van der Waals surface area contributed by atoms with Crippen LogP contribution in [0.15, 0.2) is 65.7 Å². The third-order valence-corrected chi connectivity index (χ3v) is 5.46. The number of aromatic nitrogens is 2. The first-order valence-corrected chi connectivity index (χ1v) is 10.2. The standard InChI is InChI=1S/C24H22N6O2/c1-14-3-7-17(27-24(31)15-4-8-18(32-2)9-5-15)12-19(14)22-20-11-16(23-25-13-26-30-23)6-10-21(20)28-29-22/h3-12,26H,13H2,1-2H3,(H,25,30)(H,27,31)(H,28,29). The predicted molar refractivity (Wildman–Crippen MR) is 125 cm³/mol. The maximum absolute atomic E-state index is 12.7. The van der Waals surface area contributed by atoms with Crippen LogP contribution in [-0.2, 0) is 0 Å². The van der Waals surface area contributed by atoms with E-state index in [9.17, 15) is 4.79 Å². The number of methoxy groups -OCH3 is 1. The monoisotopic (exact) mass is 426 g/mol. The van der Waals surface area contributed by atoms with Gasteiger partial charge in [0.1, 0.15) is 23.9 Å². The molecule has 8 nitrogen and oxygen atoms in total. The van der Waals surface area contributed by atoms with Gasteiger partial charge in [-0.1, -0.05) is 6.07 Å². The van der Waals surface area contributed by atoms with Crippen LogP contribution in [-0.4, -0.2) is 35.7 Å². The highest BCUT2D eigenvalue weighted by atomic mass is 16.5. The van der Waals surface area contributed by atoms with Crippen LogP contribution in [0.25, 0.3) is 22.2 Å². The lowest BCUT2D eigenvalue weighted by Crippen LogP contribution is -2.30. The highest BCUT2D eigenvalue weighted by molar-refractivity contribution is 6.06. The van der Waals surface area contributed by atoms with E-state index in [1.165, 1.54) is 0 Å². The Balaban J connectivity index is 1.47. The SMILES string of the molecule is COc1ccc(C(=O)Nc2ccc(C)c(-c3n[nH]c4ccc(C5=NCNN5)cc34)c2)cc1. The average molecular weight is 426 g/mol. The van der Waals surface area contributed by atoms with Crippen LogP contribution in [0.3, 0.4) is 0 Å². The van der Waals surface area contributed by atoms with E-state index in [0.717, 1.165) is 39.1 Å². The number of aliphatic imine (C=N–C) groups is 1. The molecule has 0 spiro atoms. The second-order valence-corrected chi connectivity index (χ2v) is 7.51. The number of carbonyl (C=O) groups is 1. The molecule has 1 aliphatic rings. The molecule has 0 atom stereocenters. The average Bonchev–Trinajstić information content (AvgIpc) is 3.50. The summed E-state index contributed by atoms with van der Waals surface area (Å²) in [6.07, 6.45) is 0. The third kappa shape index (κ3) is 3.67. The number of hydrazine groups is 1. The Kier molecular flexibility index (Phi) is 5.04. The molecule has 8 heteroatoms. The van der Waals surface area contributed by atoms with Gasteiger partial charge >= 0.3 is 0 Å². The maximum atomic E-state index is 12.7. The van der Waals surface area contributed by atoms with E-state index in [4.69, 9.17) is 4.74 Å². The van der Waals surface area contributed by atoms with Crippen molar-refractivity contribution in [2.45, 2.75) is 6.92 Å². The topological polar surface area (TPSA) is 103 Å². The first kappa shape index (κ1) is 19.8. The molecule has 1 aromatic heterocycles. The molecule has 0 radical (unpaired) electrons. The van der Waals surface area contributed by atoms with Gasteiger partial charge in [0.05, 0.1) is 12.6 Å². The Bertz CT molecular complexity index is 1340. The summed E-state index contributed by atoms with van der Waals surface area (Å²) in [5, 5.41) is 11.6. The van der Waals surface area contributed by atoms with Gasteiger partial charge in [-0.2, -0.15) is 5.10 Å². The molecule has 0 saturated heterocycles. The number of anilines is 1. The smallest absolute Gasteiger partial charge is 0.255 e. The molecule has 160 valence electrons. The minimum Gasteiger partial charge on any atom is -0.497 e. The number of rotatable bonds is 5. The van der Waals surface area contributed by atoms with Crippen molar-refractivity contribution in [3.05, 3.63) is 77.4 Å². The molecule has 4 N–H and O–H groups in total. The minimum absolute atomic E-state index is 0.186. The van der Waals surface area contributed by atoms with Crippen LogP contribution in [0.1, 0.15) is 21.5 Å². The molecule has 0 aliphatic carbocycles. The molecular weight excluding hydrogens is 404 g/mol. The third-order valence-electron chi connectivity index (χ3n) is 5.46. The quantitative estimate of drug-likeness (QED) is 0.390. The predicted octanol–water partition coefficient (Wildman–Crippen LogP) is 3.61. The molecular formula is C24H22N6O2. The normalized spacial score (nSPS) is 13.0. The molecule has 32 heavy (non-hydrogen) atoms. The lowest BCUT2D eigenvalue weighted by Gasteiger charge is -2.10. The van der Waals surface area contributed by atoms with E-state index in [-0.39, 0.29) is 5.91 Å². The zero-order chi connectivity index (χ0) is 22.1. The van der Waals surface area contributed by atoms with Gasteiger partial charge in [0, 0.05) is 27.8 Å². The fourth-order valence-corrected chi connectivity index (χ4v) is 3.71. The van der Waals surface area contributed by atoms with Crippen molar-refractivity contribution in [3.63, 3.8) is 0 Å². The highest BCUT2D eigenvalue weighted by Crippen LogP contribution is 2.31. The Hall–Kier alpha value is -4.17. The van der Waals surface area contributed by atoms with Crippen LogP contribution >= 0.6 is 0 Å². The van der Waals surface area contributed by atoms with Crippen molar-refractivity contribution in [2.24, 2.45) is 4.99 Å². The van der Waals surface area contributed by atoms with Gasteiger partial charge in [-0.3, -0.25) is 9.89 Å². The van der Waals surface area contributed by atoms with E-state index in [0.29, 0.717) is 23.7 Å². The Morgan fingerprint density at radius 3 is 2.66 bits per heavy atom. The van der Waals surface area contributed by atoms with Crippen molar-refractivity contribution in [3.8, 4) is 17.0 Å². The van der Waals surface area contributed by atoms with E-state index >= 15 is 0 Å². The highest BCUT2D eigenvalue weighted by Gasteiger charge is 2.15. The molecule has 1 amide bonds. The van der Waals surface area contributed by atoms with Gasteiger partial charge in [0.15, 0.2) is 0 Å². The minimum atomic E-state index is -0.186. The van der Waals surface area contributed by atoms with Crippen LogP contribution < -0.4 is 20.9 Å². The fourth-order valence-electron chi connectivity index (χ4n) is 3.71. The summed E-state index contributed by atoms with van der Waals surface area (Å²) in [4.78, 5) is 17.1. The molecule has 4 aromatic rings. The van der Waals surface area contributed by atoms with Crippen molar-refractivity contribution >= 4 is 28.3 Å². The summed E-state index contributed by atoms with van der Waals surface area (Å²) in [5.41, 5.74) is 12.1. The number of carbonyl (C=O) groups excluding carboxylic acids is 1. The first-order valence-electron chi connectivity index (χ1n) is 10.2. The number of aromatic amines is 1. The van der Waals surface area contributed by atoms with Crippen molar-refractivity contribution in [1.82, 2.24) is 21.0 Å². The fraction of sp³-hybridized carbons (Fsp3) is 0.125. The number of fused-ring (bicyclic) bond motifs is 1. The number of H-pyrrole nitrogens is 1. The molecule has 5 rings (SSSR count).